The maximum absolute atomic E-state index is 13.3. The van der Waals surface area contributed by atoms with Gasteiger partial charge in [-0.25, -0.2) is 19.3 Å². The van der Waals surface area contributed by atoms with Crippen LogP contribution in [-0.2, 0) is 16.3 Å². The third-order valence-electron chi connectivity index (χ3n) is 10.1. The van der Waals surface area contributed by atoms with E-state index in [4.69, 9.17) is 16.3 Å². The van der Waals surface area contributed by atoms with Crippen molar-refractivity contribution < 1.29 is 9.53 Å². The quantitative estimate of drug-likeness (QED) is 0.108. The van der Waals surface area contributed by atoms with Crippen LogP contribution in [0, 0.1) is 5.92 Å². The van der Waals surface area contributed by atoms with Crippen LogP contribution >= 0.6 is 11.6 Å². The monoisotopic (exact) mass is 740 g/mol. The van der Waals surface area contributed by atoms with Gasteiger partial charge in [0.05, 0.1) is 17.6 Å². The number of nitrogens with zero attached hydrogens (tertiary/aromatic N) is 7. The van der Waals surface area contributed by atoms with E-state index >= 15 is 0 Å². The number of aromatic nitrogens is 5. The first kappa shape index (κ1) is 35.7. The molecular weight excluding hydrogens is 696 g/mol. The van der Waals surface area contributed by atoms with E-state index < -0.39 is 13.8 Å². The fraction of sp³-hybridized carbons (Fsp3) is 0.395. The van der Waals surface area contributed by atoms with E-state index in [1.54, 1.807) is 0 Å². The lowest BCUT2D eigenvalue weighted by Gasteiger charge is -2.40. The highest BCUT2D eigenvalue weighted by atomic mass is 35.5. The van der Waals surface area contributed by atoms with Crippen molar-refractivity contribution in [3.05, 3.63) is 99.2 Å². The molecule has 1 N–H and O–H groups in total. The van der Waals surface area contributed by atoms with E-state index in [2.05, 4.69) is 56.5 Å². The summed E-state index contributed by atoms with van der Waals surface area (Å²) in [7, 11) is -1.27. The molecule has 3 aromatic heterocycles. The summed E-state index contributed by atoms with van der Waals surface area (Å²) in [6.07, 6.45) is 4.98. The number of carbonyl (C=O) groups is 1. The Kier molecular flexibility index (Phi) is 10.4. The molecular formula is C38H45ClN8O4Si. The van der Waals surface area contributed by atoms with Gasteiger partial charge >= 0.3 is 5.69 Å². The predicted octanol–water partition coefficient (Wildman–Crippen LogP) is 5.47. The molecule has 0 atom stereocenters. The second-order valence-corrected chi connectivity index (χ2v) is 20.9. The number of fused-ring (bicyclic) bond motifs is 1. The number of aromatic amines is 1. The minimum Gasteiger partial charge on any atom is -0.372 e. The summed E-state index contributed by atoms with van der Waals surface area (Å²) in [6.45, 7) is 11.7. The summed E-state index contributed by atoms with van der Waals surface area (Å²) in [6, 6.07) is 20.4. The summed E-state index contributed by atoms with van der Waals surface area (Å²) in [5.41, 5.74) is 4.67. The highest BCUT2D eigenvalue weighted by Gasteiger charge is 2.28. The fourth-order valence-corrected chi connectivity index (χ4v) is 7.86. The molecule has 12 nitrogen and oxygen atoms in total. The third-order valence-corrected chi connectivity index (χ3v) is 12.1. The van der Waals surface area contributed by atoms with Crippen LogP contribution in [-0.4, -0.2) is 88.8 Å². The highest BCUT2D eigenvalue weighted by molar-refractivity contribution is 6.76. The van der Waals surface area contributed by atoms with Gasteiger partial charge in [0.15, 0.2) is 0 Å². The van der Waals surface area contributed by atoms with Gasteiger partial charge in [0, 0.05) is 76.7 Å². The molecule has 2 aromatic carbocycles. The summed E-state index contributed by atoms with van der Waals surface area (Å²) in [4.78, 5) is 57.0. The Balaban J connectivity index is 0.892. The van der Waals surface area contributed by atoms with Gasteiger partial charge in [0.1, 0.15) is 23.9 Å². The molecule has 1 amide bonds. The third kappa shape index (κ3) is 8.01. The van der Waals surface area contributed by atoms with Gasteiger partial charge in [0.25, 0.3) is 5.56 Å². The first-order valence-corrected chi connectivity index (χ1v) is 22.0. The van der Waals surface area contributed by atoms with E-state index in [-0.39, 0.29) is 18.2 Å². The number of piperidine rings is 1. The van der Waals surface area contributed by atoms with Crippen LogP contribution in [0.3, 0.4) is 0 Å². The molecule has 0 bridgehead atoms. The molecule has 2 fully saturated rings. The zero-order chi connectivity index (χ0) is 36.4. The maximum Gasteiger partial charge on any atom is 0.337 e. The zero-order valence-corrected chi connectivity index (χ0v) is 31.7. The molecule has 0 aliphatic carbocycles. The number of anilines is 2. The largest absolute Gasteiger partial charge is 0.372 e. The van der Waals surface area contributed by atoms with Crippen molar-refractivity contribution in [1.29, 1.82) is 0 Å². The minimum atomic E-state index is -1.27. The Morgan fingerprint density at radius 3 is 2.25 bits per heavy atom. The van der Waals surface area contributed by atoms with Crippen LogP contribution in [0.2, 0.25) is 30.8 Å². The Labute approximate surface area is 308 Å². The fourth-order valence-electron chi connectivity index (χ4n) is 6.91. The lowest BCUT2D eigenvalue weighted by molar-refractivity contribution is -0.131. The molecule has 2 aliphatic rings. The van der Waals surface area contributed by atoms with Crippen LogP contribution in [0.4, 0.5) is 11.4 Å². The van der Waals surface area contributed by atoms with Crippen molar-refractivity contribution in [2.45, 2.75) is 45.3 Å². The lowest BCUT2D eigenvalue weighted by Crippen LogP contribution is -2.52. The molecule has 52 heavy (non-hydrogen) atoms. The summed E-state index contributed by atoms with van der Waals surface area (Å²) in [5, 5.41) is 1.21. The van der Waals surface area contributed by atoms with Gasteiger partial charge in [-0.3, -0.25) is 14.2 Å². The second kappa shape index (κ2) is 15.1. The molecule has 0 unspecified atom stereocenters. The van der Waals surface area contributed by atoms with E-state index in [1.165, 1.54) is 23.2 Å². The van der Waals surface area contributed by atoms with Gasteiger partial charge < -0.3 is 24.4 Å². The second-order valence-electron chi connectivity index (χ2n) is 14.9. The summed E-state index contributed by atoms with van der Waals surface area (Å²) < 4.78 is 8.34. The molecule has 2 aliphatic heterocycles. The number of nitrogens with one attached hydrogen (secondary N) is 1. The van der Waals surface area contributed by atoms with Crippen LogP contribution in [0.5, 0.6) is 0 Å². The molecule has 7 rings (SSSR count). The standard InChI is InChI=1S/C38H45ClN8O4Si/c1-52(2,3)21-20-51-26-47-34(48)14-17-46(38(47)50)31-10-8-29(9-11-31)43-15-12-27(13-16-43)23-45-19-18-44(24-35(45)49)30-6-4-28(5-7-30)33-22-32-36(39)40-25-41-37(32)42-33/h4-11,14,17,22,25,27H,12-13,15-16,18-21,23-24,26H2,1-3H3,(H,40,41,42). The molecule has 5 aromatic rings. The number of rotatable bonds is 11. The Hall–Kier alpha value is -4.72. The van der Waals surface area contributed by atoms with Crippen molar-refractivity contribution in [2.75, 3.05) is 55.7 Å². The van der Waals surface area contributed by atoms with Crippen molar-refractivity contribution in [3.8, 4) is 16.9 Å². The number of hydrogen-bond acceptors (Lipinski definition) is 8. The van der Waals surface area contributed by atoms with Gasteiger partial charge in [-0.15, -0.1) is 0 Å². The smallest absolute Gasteiger partial charge is 0.337 e. The molecule has 0 saturated carbocycles. The number of amides is 1. The number of benzene rings is 2. The molecule has 2 saturated heterocycles. The number of H-pyrrole nitrogens is 1. The van der Waals surface area contributed by atoms with Gasteiger partial charge in [-0.1, -0.05) is 43.4 Å². The molecule has 0 spiro atoms. The topological polar surface area (TPSA) is 122 Å². The molecule has 5 heterocycles. The van der Waals surface area contributed by atoms with E-state index in [9.17, 15) is 14.4 Å². The van der Waals surface area contributed by atoms with Gasteiger partial charge in [0.2, 0.25) is 5.91 Å². The predicted molar refractivity (Wildman–Crippen MR) is 208 cm³/mol. The number of carbonyl (C=O) groups excluding carboxylic acids is 1. The maximum atomic E-state index is 13.3. The lowest BCUT2D eigenvalue weighted by atomic mass is 9.95. The zero-order valence-electron chi connectivity index (χ0n) is 29.9. The normalized spacial score (nSPS) is 15.9. The number of halogens is 1. The SMILES string of the molecule is C[Si](C)(C)CCOCn1c(=O)ccn(-c2ccc(N3CCC(CN4CCN(c5ccc(-c6cc7c(Cl)ncnc7[nH]6)cc5)CC4=O)CC3)cc2)c1=O. The van der Waals surface area contributed by atoms with E-state index in [0.717, 1.165) is 77.7 Å². The van der Waals surface area contributed by atoms with Crippen molar-refractivity contribution in [2.24, 2.45) is 5.92 Å². The average molecular weight is 741 g/mol. The van der Waals surface area contributed by atoms with E-state index in [1.807, 2.05) is 47.4 Å². The molecule has 0 radical (unpaired) electrons. The number of piperazine rings is 1. The average Bonchev–Trinajstić information content (AvgIpc) is 3.58. The minimum absolute atomic E-state index is 0.0499. The summed E-state index contributed by atoms with van der Waals surface area (Å²) >= 11 is 6.22. The Morgan fingerprint density at radius 1 is 0.865 bits per heavy atom. The van der Waals surface area contributed by atoms with Crippen molar-refractivity contribution in [1.82, 2.24) is 29.0 Å². The molecule has 14 heteroatoms. The van der Waals surface area contributed by atoms with E-state index in [0.29, 0.717) is 42.1 Å². The molecule has 272 valence electrons. The first-order valence-electron chi connectivity index (χ1n) is 17.9. The Morgan fingerprint density at radius 2 is 1.56 bits per heavy atom. The van der Waals surface area contributed by atoms with Gasteiger partial charge in [-0.2, -0.15) is 0 Å². The van der Waals surface area contributed by atoms with Crippen LogP contribution in [0.1, 0.15) is 12.8 Å². The van der Waals surface area contributed by atoms with Crippen molar-refractivity contribution >= 4 is 48.0 Å². The van der Waals surface area contributed by atoms with Gasteiger partial charge in [-0.05, 0) is 72.8 Å². The van der Waals surface area contributed by atoms with Crippen LogP contribution in [0.25, 0.3) is 28.0 Å². The van der Waals surface area contributed by atoms with Crippen LogP contribution < -0.4 is 21.0 Å². The number of ether oxygens (including phenoxy) is 1. The van der Waals surface area contributed by atoms with Crippen molar-refractivity contribution in [3.63, 3.8) is 0 Å². The first-order chi connectivity index (χ1) is 25.0. The highest BCUT2D eigenvalue weighted by Crippen LogP contribution is 2.29. The number of hydrogen-bond donors (Lipinski definition) is 1. The Bertz CT molecular complexity index is 2150. The van der Waals surface area contributed by atoms with Crippen LogP contribution in [0.15, 0.2) is 82.8 Å². The summed E-state index contributed by atoms with van der Waals surface area (Å²) in [5.74, 6) is 0.615.